The molecule has 0 saturated carbocycles. The summed E-state index contributed by atoms with van der Waals surface area (Å²) in [5, 5.41) is 3.53. The number of hydrogen-bond acceptors (Lipinski definition) is 6. The second kappa shape index (κ2) is 9.76. The van der Waals surface area contributed by atoms with Crippen LogP contribution in [0.1, 0.15) is 21.7 Å². The highest BCUT2D eigenvalue weighted by Crippen LogP contribution is 2.32. The monoisotopic (exact) mass is 435 g/mol. The molecule has 160 valence electrons. The van der Waals surface area contributed by atoms with E-state index in [-0.39, 0.29) is 5.91 Å². The van der Waals surface area contributed by atoms with Gasteiger partial charge in [0, 0.05) is 42.6 Å². The number of ether oxygens (including phenoxy) is 2. The summed E-state index contributed by atoms with van der Waals surface area (Å²) in [4.78, 5) is 20.7. The molecule has 2 heterocycles. The molecular formula is C24H25N3O3S. The first-order valence-corrected chi connectivity index (χ1v) is 10.9. The van der Waals surface area contributed by atoms with E-state index >= 15 is 0 Å². The van der Waals surface area contributed by atoms with Crippen LogP contribution in [0.25, 0.3) is 6.08 Å². The lowest BCUT2D eigenvalue weighted by atomic mass is 10.1. The maximum absolute atomic E-state index is 12.4. The lowest BCUT2D eigenvalue weighted by Crippen LogP contribution is -2.29. The zero-order chi connectivity index (χ0) is 21.6. The van der Waals surface area contributed by atoms with E-state index in [0.717, 1.165) is 37.3 Å². The summed E-state index contributed by atoms with van der Waals surface area (Å²) in [6.07, 6.45) is 4.09. The van der Waals surface area contributed by atoms with Gasteiger partial charge < -0.3 is 9.47 Å². The van der Waals surface area contributed by atoms with Gasteiger partial charge in [-0.3, -0.25) is 15.0 Å². The average Bonchev–Trinajstić information content (AvgIpc) is 3.19. The van der Waals surface area contributed by atoms with Crippen LogP contribution in [-0.4, -0.2) is 36.6 Å². The molecule has 0 radical (unpaired) electrons. The topological polar surface area (TPSA) is 63.7 Å². The van der Waals surface area contributed by atoms with Gasteiger partial charge in [-0.1, -0.05) is 42.5 Å². The van der Waals surface area contributed by atoms with Crippen molar-refractivity contribution in [3.8, 4) is 11.5 Å². The van der Waals surface area contributed by atoms with Crippen LogP contribution >= 0.6 is 11.3 Å². The van der Waals surface area contributed by atoms with Crippen molar-refractivity contribution in [3.63, 3.8) is 0 Å². The van der Waals surface area contributed by atoms with E-state index in [2.05, 4.69) is 39.5 Å². The van der Waals surface area contributed by atoms with Crippen molar-refractivity contribution in [2.45, 2.75) is 19.5 Å². The van der Waals surface area contributed by atoms with Crippen molar-refractivity contribution in [2.75, 3.05) is 26.1 Å². The van der Waals surface area contributed by atoms with Gasteiger partial charge in [-0.05, 0) is 17.7 Å². The summed E-state index contributed by atoms with van der Waals surface area (Å²) in [6.45, 7) is 2.74. The smallest absolute Gasteiger partial charge is 0.250 e. The third-order valence-corrected chi connectivity index (χ3v) is 6.13. The minimum Gasteiger partial charge on any atom is -0.493 e. The average molecular weight is 436 g/mol. The van der Waals surface area contributed by atoms with Crippen molar-refractivity contribution in [3.05, 3.63) is 76.3 Å². The Kier molecular flexibility index (Phi) is 6.64. The lowest BCUT2D eigenvalue weighted by molar-refractivity contribution is -0.111. The molecule has 1 aliphatic heterocycles. The van der Waals surface area contributed by atoms with E-state index in [0.29, 0.717) is 16.6 Å². The number of amides is 1. The normalized spacial score (nSPS) is 13.7. The van der Waals surface area contributed by atoms with Gasteiger partial charge in [-0.25, -0.2) is 4.98 Å². The number of anilines is 1. The number of nitrogens with zero attached hydrogens (tertiary/aromatic N) is 2. The van der Waals surface area contributed by atoms with E-state index < -0.39 is 0 Å². The largest absolute Gasteiger partial charge is 0.493 e. The molecule has 0 atom stereocenters. The molecular weight excluding hydrogens is 410 g/mol. The van der Waals surface area contributed by atoms with Crippen LogP contribution in [0, 0.1) is 0 Å². The number of fused-ring (bicyclic) bond motifs is 1. The number of methoxy groups -OCH3 is 2. The van der Waals surface area contributed by atoms with Gasteiger partial charge in [0.15, 0.2) is 16.6 Å². The van der Waals surface area contributed by atoms with Gasteiger partial charge in [0.2, 0.25) is 5.91 Å². The Bertz CT molecular complexity index is 1080. The second-order valence-corrected chi connectivity index (χ2v) is 8.32. The highest BCUT2D eigenvalue weighted by molar-refractivity contribution is 7.15. The second-order valence-electron chi connectivity index (χ2n) is 7.24. The quantitative estimate of drug-likeness (QED) is 0.559. The number of para-hydroxylation sites is 1. The Morgan fingerprint density at radius 3 is 2.77 bits per heavy atom. The van der Waals surface area contributed by atoms with E-state index in [1.165, 1.54) is 16.5 Å². The number of aromatic nitrogens is 1. The minimum atomic E-state index is -0.225. The van der Waals surface area contributed by atoms with Gasteiger partial charge in [0.25, 0.3) is 0 Å². The number of carbonyl (C=O) groups is 1. The number of rotatable bonds is 7. The highest BCUT2D eigenvalue weighted by atomic mass is 32.1. The van der Waals surface area contributed by atoms with Gasteiger partial charge in [0.05, 0.1) is 19.9 Å². The molecule has 1 aliphatic rings. The Morgan fingerprint density at radius 2 is 2.00 bits per heavy atom. The van der Waals surface area contributed by atoms with Crippen LogP contribution in [0.15, 0.2) is 54.6 Å². The highest BCUT2D eigenvalue weighted by Gasteiger charge is 2.21. The molecule has 1 N–H and O–H groups in total. The number of nitrogens with one attached hydrogen (secondary N) is 1. The summed E-state index contributed by atoms with van der Waals surface area (Å²) in [7, 11) is 3.17. The Labute approximate surface area is 186 Å². The number of carbonyl (C=O) groups excluding carboxylic acids is 1. The molecule has 4 rings (SSSR count). The van der Waals surface area contributed by atoms with Crippen LogP contribution < -0.4 is 14.8 Å². The maximum atomic E-state index is 12.4. The summed E-state index contributed by atoms with van der Waals surface area (Å²) in [5.74, 6) is 0.993. The fourth-order valence-corrected chi connectivity index (χ4v) is 4.69. The zero-order valence-electron chi connectivity index (χ0n) is 17.6. The molecule has 7 heteroatoms. The lowest BCUT2D eigenvalue weighted by Gasteiger charge is -2.25. The maximum Gasteiger partial charge on any atom is 0.250 e. The Balaban J connectivity index is 1.39. The third-order valence-electron chi connectivity index (χ3n) is 5.14. The van der Waals surface area contributed by atoms with Crippen molar-refractivity contribution in [2.24, 2.45) is 0 Å². The predicted molar refractivity (Wildman–Crippen MR) is 124 cm³/mol. The number of thiazole rings is 1. The van der Waals surface area contributed by atoms with Crippen LogP contribution in [0.2, 0.25) is 0 Å². The molecule has 1 amide bonds. The molecule has 0 saturated heterocycles. The number of benzene rings is 2. The van der Waals surface area contributed by atoms with Crippen molar-refractivity contribution in [1.82, 2.24) is 9.88 Å². The fourth-order valence-electron chi connectivity index (χ4n) is 3.63. The van der Waals surface area contributed by atoms with Crippen molar-refractivity contribution < 1.29 is 14.3 Å². The van der Waals surface area contributed by atoms with Gasteiger partial charge in [-0.15, -0.1) is 11.3 Å². The summed E-state index contributed by atoms with van der Waals surface area (Å²) < 4.78 is 10.7. The van der Waals surface area contributed by atoms with E-state index in [1.54, 1.807) is 31.6 Å². The van der Waals surface area contributed by atoms with E-state index in [9.17, 15) is 4.79 Å². The Morgan fingerprint density at radius 1 is 1.16 bits per heavy atom. The SMILES string of the molecule is COc1cccc(/C=C/C(=O)Nc2nc3c(s2)CN(Cc2ccccc2)CC3)c1OC. The molecule has 0 bridgehead atoms. The standard InChI is InChI=1S/C24H25N3O3S/c1-29-20-10-6-9-18(23(20)30-2)11-12-22(28)26-24-25-19-13-14-27(16-21(19)31-24)15-17-7-4-3-5-8-17/h3-12H,13-16H2,1-2H3,(H,25,26,28)/b12-11+. The molecule has 0 spiro atoms. The van der Waals surface area contributed by atoms with Crippen molar-refractivity contribution in [1.29, 1.82) is 0 Å². The first kappa shape index (κ1) is 21.1. The molecule has 31 heavy (non-hydrogen) atoms. The van der Waals surface area contributed by atoms with E-state index in [1.807, 2.05) is 24.3 Å². The number of hydrogen-bond donors (Lipinski definition) is 1. The van der Waals surface area contributed by atoms with Crippen molar-refractivity contribution >= 4 is 28.5 Å². The predicted octanol–water partition coefficient (Wildman–Crippen LogP) is 4.37. The van der Waals surface area contributed by atoms with Crippen LogP contribution in [-0.2, 0) is 24.3 Å². The first-order valence-electron chi connectivity index (χ1n) is 10.1. The molecule has 2 aromatic carbocycles. The minimum absolute atomic E-state index is 0.225. The summed E-state index contributed by atoms with van der Waals surface area (Å²) in [5.41, 5.74) is 3.16. The van der Waals surface area contributed by atoms with Crippen LogP contribution in [0.3, 0.4) is 0 Å². The third kappa shape index (κ3) is 5.13. The molecule has 3 aromatic rings. The van der Waals surface area contributed by atoms with Gasteiger partial charge >= 0.3 is 0 Å². The summed E-state index contributed by atoms with van der Waals surface area (Å²) >= 11 is 1.55. The molecule has 1 aromatic heterocycles. The molecule has 0 unspecified atom stereocenters. The van der Waals surface area contributed by atoms with Crippen LogP contribution in [0.5, 0.6) is 11.5 Å². The summed E-state index contributed by atoms with van der Waals surface area (Å²) in [6, 6.07) is 16.0. The first-order chi connectivity index (χ1) is 15.2. The molecule has 0 fully saturated rings. The van der Waals surface area contributed by atoms with Crippen LogP contribution in [0.4, 0.5) is 5.13 Å². The van der Waals surface area contributed by atoms with E-state index in [4.69, 9.17) is 9.47 Å². The van der Waals surface area contributed by atoms with Gasteiger partial charge in [-0.2, -0.15) is 0 Å². The fraction of sp³-hybridized carbons (Fsp3) is 0.250. The Hall–Kier alpha value is -3.16. The zero-order valence-corrected chi connectivity index (χ0v) is 18.4. The molecule has 6 nitrogen and oxygen atoms in total. The molecule has 0 aliphatic carbocycles. The van der Waals surface area contributed by atoms with Gasteiger partial charge in [0.1, 0.15) is 0 Å².